The number of hydrogen-bond acceptors (Lipinski definition) is 3. The number of halogens is 1. The first-order valence-electron chi connectivity index (χ1n) is 9.83. The van der Waals surface area contributed by atoms with Crippen LogP contribution in [0.3, 0.4) is 0 Å². The molecule has 2 N–H and O–H groups in total. The molecule has 1 heterocycles. The Hall–Kier alpha value is -2.55. The number of rotatable bonds is 8. The van der Waals surface area contributed by atoms with Gasteiger partial charge in [0.1, 0.15) is 18.2 Å². The van der Waals surface area contributed by atoms with Gasteiger partial charge in [-0.3, -0.25) is 4.99 Å². The van der Waals surface area contributed by atoms with Gasteiger partial charge in [0, 0.05) is 32.5 Å². The number of aliphatic imine (C=N–C) groups is 1. The largest absolute Gasteiger partial charge is 0.492 e. The van der Waals surface area contributed by atoms with Crippen molar-refractivity contribution in [1.82, 2.24) is 20.2 Å². The number of nitrogens with zero attached hydrogens (tertiary/aromatic N) is 3. The quantitative estimate of drug-likeness (QED) is 0.205. The zero-order valence-corrected chi connectivity index (χ0v) is 20.1. The maximum absolute atomic E-state index is 5.74. The molecule has 3 aromatic rings. The molecule has 2 aromatic carbocycles. The first kappa shape index (κ1) is 23.7. The molecule has 30 heavy (non-hydrogen) atoms. The molecule has 0 spiro atoms. The van der Waals surface area contributed by atoms with Gasteiger partial charge in [-0.1, -0.05) is 42.0 Å². The summed E-state index contributed by atoms with van der Waals surface area (Å²) in [6, 6.07) is 16.6. The van der Waals surface area contributed by atoms with E-state index in [0.717, 1.165) is 24.1 Å². The third kappa shape index (κ3) is 7.37. The van der Waals surface area contributed by atoms with Crippen LogP contribution in [0.1, 0.15) is 22.5 Å². The van der Waals surface area contributed by atoms with Gasteiger partial charge in [0.25, 0.3) is 0 Å². The van der Waals surface area contributed by atoms with Crippen LogP contribution in [0.5, 0.6) is 5.75 Å². The highest BCUT2D eigenvalue weighted by atomic mass is 127. The van der Waals surface area contributed by atoms with Crippen LogP contribution < -0.4 is 15.4 Å². The summed E-state index contributed by atoms with van der Waals surface area (Å²) >= 11 is 0. The van der Waals surface area contributed by atoms with Crippen molar-refractivity contribution in [3.8, 4) is 5.75 Å². The fraction of sp³-hybridized carbons (Fsp3) is 0.304. The highest BCUT2D eigenvalue weighted by Gasteiger charge is 2.02. The number of guanidine groups is 1. The molecule has 0 aliphatic carbocycles. The van der Waals surface area contributed by atoms with E-state index >= 15 is 0 Å². The monoisotopic (exact) mass is 519 g/mol. The van der Waals surface area contributed by atoms with Crippen molar-refractivity contribution >= 4 is 29.9 Å². The standard InChI is InChI=1S/C23H29N5O.HI/c1-18-7-9-22(10-8-18)29-14-12-26-23(24-3)27-16-20-5-4-6-21(15-20)17-28-13-11-25-19(28)2;/h4-11,13,15H,12,14,16-17H2,1-3H3,(H2,24,26,27);1H. The summed E-state index contributed by atoms with van der Waals surface area (Å²) in [6.45, 7) is 6.86. The van der Waals surface area contributed by atoms with Crippen molar-refractivity contribution in [2.75, 3.05) is 20.2 Å². The van der Waals surface area contributed by atoms with Crippen molar-refractivity contribution in [3.63, 3.8) is 0 Å². The number of aromatic nitrogens is 2. The van der Waals surface area contributed by atoms with Gasteiger partial charge in [-0.25, -0.2) is 4.98 Å². The molecule has 3 rings (SSSR count). The fourth-order valence-corrected chi connectivity index (χ4v) is 2.98. The second kappa shape index (κ2) is 12.2. The molecule has 0 aliphatic heterocycles. The van der Waals surface area contributed by atoms with Gasteiger partial charge in [0.15, 0.2) is 5.96 Å². The second-order valence-corrected chi connectivity index (χ2v) is 6.94. The minimum absolute atomic E-state index is 0. The third-order valence-electron chi connectivity index (χ3n) is 4.64. The Bertz CT molecular complexity index is 937. The molecule has 1 aromatic heterocycles. The van der Waals surface area contributed by atoms with E-state index in [2.05, 4.69) is 56.4 Å². The molecule has 0 atom stereocenters. The zero-order valence-electron chi connectivity index (χ0n) is 17.8. The van der Waals surface area contributed by atoms with Gasteiger partial charge in [-0.2, -0.15) is 0 Å². The molecule has 7 heteroatoms. The maximum Gasteiger partial charge on any atom is 0.191 e. The molecule has 0 unspecified atom stereocenters. The summed E-state index contributed by atoms with van der Waals surface area (Å²) in [6.07, 6.45) is 3.84. The lowest BCUT2D eigenvalue weighted by Crippen LogP contribution is -2.38. The Labute approximate surface area is 195 Å². The van der Waals surface area contributed by atoms with Crippen LogP contribution >= 0.6 is 24.0 Å². The molecule has 0 aliphatic rings. The number of imidazole rings is 1. The first-order chi connectivity index (χ1) is 14.1. The van der Waals surface area contributed by atoms with Crippen LogP contribution in [0.4, 0.5) is 0 Å². The lowest BCUT2D eigenvalue weighted by molar-refractivity contribution is 0.322. The summed E-state index contributed by atoms with van der Waals surface area (Å²) in [7, 11) is 1.77. The number of nitrogens with one attached hydrogen (secondary N) is 2. The van der Waals surface area contributed by atoms with Gasteiger partial charge in [0.05, 0.1) is 6.54 Å². The van der Waals surface area contributed by atoms with E-state index in [4.69, 9.17) is 4.74 Å². The smallest absolute Gasteiger partial charge is 0.191 e. The van der Waals surface area contributed by atoms with Crippen LogP contribution in [0.2, 0.25) is 0 Å². The van der Waals surface area contributed by atoms with Crippen molar-refractivity contribution in [2.45, 2.75) is 26.9 Å². The summed E-state index contributed by atoms with van der Waals surface area (Å²) in [4.78, 5) is 8.56. The summed E-state index contributed by atoms with van der Waals surface area (Å²) in [5.74, 6) is 2.66. The zero-order chi connectivity index (χ0) is 20.5. The minimum Gasteiger partial charge on any atom is -0.492 e. The van der Waals surface area contributed by atoms with Crippen molar-refractivity contribution in [3.05, 3.63) is 83.4 Å². The lowest BCUT2D eigenvalue weighted by Gasteiger charge is -2.13. The Kier molecular flexibility index (Phi) is 9.66. The average molecular weight is 519 g/mol. The normalized spacial score (nSPS) is 11.0. The van der Waals surface area contributed by atoms with Gasteiger partial charge in [-0.05, 0) is 37.1 Å². The number of aryl methyl sites for hydroxylation is 2. The maximum atomic E-state index is 5.74. The van der Waals surface area contributed by atoms with E-state index in [1.165, 1.54) is 16.7 Å². The topological polar surface area (TPSA) is 63.5 Å². The Morgan fingerprint density at radius 1 is 1.07 bits per heavy atom. The van der Waals surface area contributed by atoms with E-state index in [0.29, 0.717) is 19.7 Å². The number of ether oxygens (including phenoxy) is 1. The summed E-state index contributed by atoms with van der Waals surface area (Å²) < 4.78 is 7.88. The molecule has 160 valence electrons. The highest BCUT2D eigenvalue weighted by molar-refractivity contribution is 14.0. The number of hydrogen-bond donors (Lipinski definition) is 2. The van der Waals surface area contributed by atoms with Crippen LogP contribution in [0, 0.1) is 13.8 Å². The molecule has 0 radical (unpaired) electrons. The van der Waals surface area contributed by atoms with Crippen molar-refractivity contribution < 1.29 is 4.74 Å². The van der Waals surface area contributed by atoms with Crippen LogP contribution in [0.15, 0.2) is 65.9 Å². The molecule has 0 saturated heterocycles. The predicted molar refractivity (Wildman–Crippen MR) is 133 cm³/mol. The van der Waals surface area contributed by atoms with Gasteiger partial charge >= 0.3 is 0 Å². The SMILES string of the molecule is CN=C(NCCOc1ccc(C)cc1)NCc1cccc(Cn2ccnc2C)c1.I. The van der Waals surface area contributed by atoms with Gasteiger partial charge in [-0.15, -0.1) is 24.0 Å². The third-order valence-corrected chi connectivity index (χ3v) is 4.64. The molecule has 6 nitrogen and oxygen atoms in total. The highest BCUT2D eigenvalue weighted by Crippen LogP contribution is 2.11. The van der Waals surface area contributed by atoms with E-state index in [1.54, 1.807) is 7.05 Å². The van der Waals surface area contributed by atoms with Crippen LogP contribution in [0.25, 0.3) is 0 Å². The van der Waals surface area contributed by atoms with E-state index in [-0.39, 0.29) is 24.0 Å². The fourth-order valence-electron chi connectivity index (χ4n) is 2.98. The van der Waals surface area contributed by atoms with Crippen LogP contribution in [-0.2, 0) is 13.1 Å². The van der Waals surface area contributed by atoms with Crippen molar-refractivity contribution in [2.24, 2.45) is 4.99 Å². The van der Waals surface area contributed by atoms with Gasteiger partial charge < -0.3 is 19.9 Å². The van der Waals surface area contributed by atoms with E-state index < -0.39 is 0 Å². The summed E-state index contributed by atoms with van der Waals surface area (Å²) in [5, 5.41) is 6.63. The molecule has 0 bridgehead atoms. The Morgan fingerprint density at radius 3 is 2.53 bits per heavy atom. The van der Waals surface area contributed by atoms with Crippen LogP contribution in [-0.4, -0.2) is 35.7 Å². The van der Waals surface area contributed by atoms with Gasteiger partial charge in [0.2, 0.25) is 0 Å². The molecular weight excluding hydrogens is 489 g/mol. The molecule has 0 saturated carbocycles. The second-order valence-electron chi connectivity index (χ2n) is 6.94. The van der Waals surface area contributed by atoms with E-state index in [9.17, 15) is 0 Å². The molecular formula is C23H30IN5O. The Morgan fingerprint density at radius 2 is 1.83 bits per heavy atom. The van der Waals surface area contributed by atoms with Crippen molar-refractivity contribution in [1.29, 1.82) is 0 Å². The first-order valence-corrected chi connectivity index (χ1v) is 9.83. The van der Waals surface area contributed by atoms with E-state index in [1.807, 2.05) is 43.6 Å². The lowest BCUT2D eigenvalue weighted by atomic mass is 10.1. The predicted octanol–water partition coefficient (Wildman–Crippen LogP) is 3.91. The average Bonchev–Trinajstić information content (AvgIpc) is 3.13. The Balaban J connectivity index is 0.00000320. The molecule has 0 fully saturated rings. The molecule has 0 amide bonds. The minimum atomic E-state index is 0. The number of benzene rings is 2. The summed E-state index contributed by atoms with van der Waals surface area (Å²) in [5.41, 5.74) is 3.68.